The molecule has 1 aliphatic rings. The van der Waals surface area contributed by atoms with Crippen LogP contribution in [0.15, 0.2) is 6.07 Å². The van der Waals surface area contributed by atoms with E-state index in [9.17, 15) is 5.11 Å². The topological polar surface area (TPSA) is 48.4 Å². The number of pyridine rings is 1. The third kappa shape index (κ3) is 2.91. The van der Waals surface area contributed by atoms with Crippen LogP contribution in [0.2, 0.25) is 10.0 Å². The van der Waals surface area contributed by atoms with Gasteiger partial charge in [-0.15, -0.1) is 0 Å². The van der Waals surface area contributed by atoms with Crippen molar-refractivity contribution in [1.82, 2.24) is 4.98 Å². The zero-order chi connectivity index (χ0) is 14.0. The lowest BCUT2D eigenvalue weighted by molar-refractivity contribution is 0.244. The lowest BCUT2D eigenvalue weighted by Crippen LogP contribution is -2.36. The molecular weight excluding hydrogens is 285 g/mol. The Kier molecular flexibility index (Phi) is 4.76. The molecule has 2 N–H and O–H groups in total. The number of hydrogen-bond donors (Lipinski definition) is 2. The minimum Gasteiger partial charge on any atom is -0.394 e. The predicted octanol–water partition coefficient (Wildman–Crippen LogP) is 3.03. The molecular formula is C13H19Cl2N3O. The van der Waals surface area contributed by atoms with Crippen molar-refractivity contribution < 1.29 is 5.11 Å². The zero-order valence-electron chi connectivity index (χ0n) is 11.2. The van der Waals surface area contributed by atoms with E-state index in [0.717, 1.165) is 19.5 Å². The van der Waals surface area contributed by atoms with E-state index in [-0.39, 0.29) is 12.6 Å². The highest BCUT2D eigenvalue weighted by atomic mass is 35.5. The summed E-state index contributed by atoms with van der Waals surface area (Å²) in [6.07, 6.45) is 1.03. The average molecular weight is 304 g/mol. The minimum absolute atomic E-state index is 0.0700. The summed E-state index contributed by atoms with van der Waals surface area (Å²) in [6, 6.07) is 1.78. The van der Waals surface area contributed by atoms with Gasteiger partial charge in [0.15, 0.2) is 0 Å². The van der Waals surface area contributed by atoms with Gasteiger partial charge in [-0.1, -0.05) is 30.1 Å². The molecule has 0 radical (unpaired) electrons. The summed E-state index contributed by atoms with van der Waals surface area (Å²) in [5.74, 6) is 1.77. The van der Waals surface area contributed by atoms with Crippen molar-refractivity contribution in [3.63, 3.8) is 0 Å². The molecule has 0 saturated carbocycles. The molecule has 0 amide bonds. The van der Waals surface area contributed by atoms with Crippen molar-refractivity contribution in [2.75, 3.05) is 29.9 Å². The highest BCUT2D eigenvalue weighted by Gasteiger charge is 2.32. The van der Waals surface area contributed by atoms with Crippen LogP contribution in [0, 0.1) is 5.92 Å². The maximum Gasteiger partial charge on any atom is 0.150 e. The second-order valence-corrected chi connectivity index (χ2v) is 5.68. The summed E-state index contributed by atoms with van der Waals surface area (Å²) in [5.41, 5.74) is 0. The van der Waals surface area contributed by atoms with Crippen LogP contribution in [0.5, 0.6) is 0 Å². The molecule has 106 valence electrons. The Morgan fingerprint density at radius 1 is 1.47 bits per heavy atom. The molecule has 0 spiro atoms. The van der Waals surface area contributed by atoms with Crippen LogP contribution in [0.25, 0.3) is 0 Å². The van der Waals surface area contributed by atoms with E-state index in [1.54, 1.807) is 6.07 Å². The first-order valence-corrected chi connectivity index (χ1v) is 7.31. The van der Waals surface area contributed by atoms with E-state index < -0.39 is 0 Å². The molecule has 6 heteroatoms. The third-order valence-electron chi connectivity index (χ3n) is 3.60. The lowest BCUT2D eigenvalue weighted by atomic mass is 10.0. The number of hydrogen-bond acceptors (Lipinski definition) is 4. The number of aromatic nitrogens is 1. The second kappa shape index (κ2) is 6.16. The molecule has 1 aromatic heterocycles. The van der Waals surface area contributed by atoms with Crippen molar-refractivity contribution in [2.24, 2.45) is 5.92 Å². The largest absolute Gasteiger partial charge is 0.394 e. The number of nitrogens with one attached hydrogen (secondary N) is 1. The average Bonchev–Trinajstić information content (AvgIpc) is 2.74. The molecule has 2 atom stereocenters. The molecule has 1 fully saturated rings. The number of aliphatic hydroxyl groups excluding tert-OH is 1. The summed E-state index contributed by atoms with van der Waals surface area (Å²) in [4.78, 5) is 6.59. The molecule has 0 aromatic carbocycles. The van der Waals surface area contributed by atoms with Gasteiger partial charge in [-0.25, -0.2) is 4.98 Å². The van der Waals surface area contributed by atoms with Crippen molar-refractivity contribution >= 4 is 34.8 Å². The predicted molar refractivity (Wildman–Crippen MR) is 80.4 cm³/mol. The van der Waals surface area contributed by atoms with Gasteiger partial charge >= 0.3 is 0 Å². The van der Waals surface area contributed by atoms with E-state index in [1.165, 1.54) is 0 Å². The fraction of sp³-hybridized carbons (Fsp3) is 0.615. The molecule has 2 rings (SSSR count). The maximum absolute atomic E-state index is 9.53. The van der Waals surface area contributed by atoms with Crippen molar-refractivity contribution in [3.05, 3.63) is 16.1 Å². The van der Waals surface area contributed by atoms with Crippen molar-refractivity contribution in [2.45, 2.75) is 26.3 Å². The molecule has 4 nitrogen and oxygen atoms in total. The Balaban J connectivity index is 2.36. The quantitative estimate of drug-likeness (QED) is 0.897. The van der Waals surface area contributed by atoms with Gasteiger partial charge in [0, 0.05) is 13.1 Å². The van der Waals surface area contributed by atoms with E-state index in [2.05, 4.69) is 22.1 Å². The van der Waals surface area contributed by atoms with Crippen LogP contribution in [0.3, 0.4) is 0 Å². The first-order chi connectivity index (χ1) is 9.08. The van der Waals surface area contributed by atoms with Crippen LogP contribution in [-0.4, -0.2) is 35.8 Å². The first-order valence-electron chi connectivity index (χ1n) is 6.55. The van der Waals surface area contributed by atoms with Gasteiger partial charge in [-0.2, -0.15) is 0 Å². The summed E-state index contributed by atoms with van der Waals surface area (Å²) >= 11 is 12.4. The second-order valence-electron chi connectivity index (χ2n) is 4.86. The van der Waals surface area contributed by atoms with Crippen molar-refractivity contribution in [3.8, 4) is 0 Å². The number of halogens is 2. The van der Waals surface area contributed by atoms with E-state index in [1.807, 2.05) is 6.92 Å². The third-order valence-corrected chi connectivity index (χ3v) is 4.16. The Morgan fingerprint density at radius 3 is 2.84 bits per heavy atom. The van der Waals surface area contributed by atoms with Crippen LogP contribution < -0.4 is 10.2 Å². The lowest BCUT2D eigenvalue weighted by Gasteiger charge is -2.27. The smallest absolute Gasteiger partial charge is 0.150 e. The van der Waals surface area contributed by atoms with Gasteiger partial charge < -0.3 is 15.3 Å². The summed E-state index contributed by atoms with van der Waals surface area (Å²) in [6.45, 7) is 5.83. The van der Waals surface area contributed by atoms with Crippen molar-refractivity contribution in [1.29, 1.82) is 0 Å². The Morgan fingerprint density at radius 2 is 2.21 bits per heavy atom. The van der Waals surface area contributed by atoms with Crippen LogP contribution in [0.4, 0.5) is 11.6 Å². The normalized spacial score (nSPS) is 22.9. The van der Waals surface area contributed by atoms with Gasteiger partial charge in [0.05, 0.1) is 22.7 Å². The minimum atomic E-state index is 0.0700. The van der Waals surface area contributed by atoms with Crippen LogP contribution >= 0.6 is 23.2 Å². The standard InChI is InChI=1S/C13H19Cl2N3O/c1-3-16-12-9(14)6-10(15)13(17-12)18-5-4-8(2)11(18)7-19/h6,8,11,19H,3-5,7H2,1-2H3,(H,16,17). The van der Waals surface area contributed by atoms with E-state index in [0.29, 0.717) is 27.6 Å². The molecule has 19 heavy (non-hydrogen) atoms. The molecule has 2 heterocycles. The number of anilines is 2. The first kappa shape index (κ1) is 14.7. The SMILES string of the molecule is CCNc1nc(N2CCC(C)C2CO)c(Cl)cc1Cl. The van der Waals surface area contributed by atoms with Gasteiger partial charge in [-0.05, 0) is 25.3 Å². The molecule has 1 aliphatic heterocycles. The maximum atomic E-state index is 9.53. The fourth-order valence-electron chi connectivity index (χ4n) is 2.50. The van der Waals surface area contributed by atoms with Gasteiger partial charge in [0.2, 0.25) is 0 Å². The molecule has 2 unspecified atom stereocenters. The fourth-order valence-corrected chi connectivity index (χ4v) is 3.03. The van der Waals surface area contributed by atoms with Crippen LogP contribution in [-0.2, 0) is 0 Å². The van der Waals surface area contributed by atoms with E-state index >= 15 is 0 Å². The Bertz CT molecular complexity index is 456. The molecule has 1 saturated heterocycles. The van der Waals surface area contributed by atoms with E-state index in [4.69, 9.17) is 23.2 Å². The number of nitrogens with zero attached hydrogens (tertiary/aromatic N) is 2. The summed E-state index contributed by atoms with van der Waals surface area (Å²) in [7, 11) is 0. The number of aliphatic hydroxyl groups is 1. The van der Waals surface area contributed by atoms with Gasteiger partial charge in [0.1, 0.15) is 11.6 Å². The van der Waals surface area contributed by atoms with Gasteiger partial charge in [-0.3, -0.25) is 0 Å². The summed E-state index contributed by atoms with van der Waals surface area (Å²) in [5, 5.41) is 13.7. The number of rotatable bonds is 4. The Hall–Kier alpha value is -0.710. The molecule has 1 aromatic rings. The monoisotopic (exact) mass is 303 g/mol. The highest BCUT2D eigenvalue weighted by molar-refractivity contribution is 6.37. The van der Waals surface area contributed by atoms with Crippen LogP contribution in [0.1, 0.15) is 20.3 Å². The molecule has 0 aliphatic carbocycles. The highest BCUT2D eigenvalue weighted by Crippen LogP contribution is 2.36. The zero-order valence-corrected chi connectivity index (χ0v) is 12.7. The Labute approximate surface area is 123 Å². The summed E-state index contributed by atoms with van der Waals surface area (Å²) < 4.78 is 0. The molecule has 0 bridgehead atoms. The van der Waals surface area contributed by atoms with Gasteiger partial charge in [0.25, 0.3) is 0 Å².